The van der Waals surface area contributed by atoms with Crippen molar-refractivity contribution in [1.82, 2.24) is 0 Å². The maximum Gasteiger partial charge on any atom is 0.194 e. The predicted octanol–water partition coefficient (Wildman–Crippen LogP) is 5.66. The van der Waals surface area contributed by atoms with E-state index in [-0.39, 0.29) is 5.78 Å². The fourth-order valence-corrected chi connectivity index (χ4v) is 4.23. The average Bonchev–Trinajstić information content (AvgIpc) is 2.80. The number of thiophene rings is 1. The Morgan fingerprint density at radius 3 is 2.42 bits per heavy atom. The molecule has 3 rings (SSSR count). The van der Waals surface area contributed by atoms with Gasteiger partial charge in [0.05, 0.1) is 0 Å². The third kappa shape index (κ3) is 2.53. The first-order chi connectivity index (χ1) is 9.15. The first kappa shape index (κ1) is 13.0. The Kier molecular flexibility index (Phi) is 3.56. The fourth-order valence-electron chi connectivity index (χ4n) is 1.99. The van der Waals surface area contributed by atoms with E-state index in [2.05, 4.69) is 31.9 Å². The van der Waals surface area contributed by atoms with Crippen LogP contribution in [0.1, 0.15) is 15.9 Å². The van der Waals surface area contributed by atoms with E-state index in [0.29, 0.717) is 5.56 Å². The molecule has 19 heavy (non-hydrogen) atoms. The summed E-state index contributed by atoms with van der Waals surface area (Å²) in [5, 5.41) is 2.95. The van der Waals surface area contributed by atoms with Crippen molar-refractivity contribution in [3.63, 3.8) is 0 Å². The molecule has 0 aliphatic carbocycles. The Hall–Kier alpha value is -0.970. The molecule has 0 saturated carbocycles. The Balaban J connectivity index is 2.13. The minimum Gasteiger partial charge on any atom is -0.289 e. The number of rotatable bonds is 2. The van der Waals surface area contributed by atoms with E-state index < -0.39 is 0 Å². The lowest BCUT2D eigenvalue weighted by Crippen LogP contribution is -2.00. The number of benzene rings is 2. The second-order valence-corrected chi connectivity index (χ2v) is 6.88. The van der Waals surface area contributed by atoms with Crippen molar-refractivity contribution in [1.29, 1.82) is 0 Å². The van der Waals surface area contributed by atoms with Crippen molar-refractivity contribution in [2.75, 3.05) is 0 Å². The van der Waals surface area contributed by atoms with E-state index >= 15 is 0 Å². The minimum atomic E-state index is 0.0550. The quantitative estimate of drug-likeness (QED) is 0.512. The van der Waals surface area contributed by atoms with Gasteiger partial charge in [-0.05, 0) is 24.3 Å². The lowest BCUT2D eigenvalue weighted by atomic mass is 10.0. The summed E-state index contributed by atoms with van der Waals surface area (Å²) < 4.78 is 2.93. The highest BCUT2D eigenvalue weighted by molar-refractivity contribution is 9.11. The molecule has 0 fully saturated rings. The molecule has 0 unspecified atom stereocenters. The van der Waals surface area contributed by atoms with Gasteiger partial charge in [0.2, 0.25) is 0 Å². The van der Waals surface area contributed by atoms with Crippen molar-refractivity contribution >= 4 is 59.1 Å². The van der Waals surface area contributed by atoms with Crippen LogP contribution in [0, 0.1) is 0 Å². The standard InChI is InChI=1S/C15H8Br2OS/c16-10-5-9(6-11(17)7-10)15(18)13-8-19-14-4-2-1-3-12(13)14/h1-8H. The van der Waals surface area contributed by atoms with Crippen molar-refractivity contribution in [3.8, 4) is 0 Å². The molecule has 0 atom stereocenters. The zero-order chi connectivity index (χ0) is 13.4. The highest BCUT2D eigenvalue weighted by Gasteiger charge is 2.14. The number of hydrogen-bond acceptors (Lipinski definition) is 2. The summed E-state index contributed by atoms with van der Waals surface area (Å²) in [6.45, 7) is 0. The highest BCUT2D eigenvalue weighted by atomic mass is 79.9. The summed E-state index contributed by atoms with van der Waals surface area (Å²) in [5.74, 6) is 0.0550. The molecule has 1 heterocycles. The van der Waals surface area contributed by atoms with Gasteiger partial charge in [-0.2, -0.15) is 0 Å². The summed E-state index contributed by atoms with van der Waals surface area (Å²) in [7, 11) is 0. The summed E-state index contributed by atoms with van der Waals surface area (Å²) >= 11 is 8.43. The Morgan fingerprint density at radius 1 is 1.00 bits per heavy atom. The van der Waals surface area contributed by atoms with E-state index in [1.165, 1.54) is 0 Å². The molecule has 1 aromatic heterocycles. The van der Waals surface area contributed by atoms with E-state index in [1.54, 1.807) is 11.3 Å². The van der Waals surface area contributed by atoms with Crippen LogP contribution >= 0.6 is 43.2 Å². The van der Waals surface area contributed by atoms with Gasteiger partial charge in [0.25, 0.3) is 0 Å². The monoisotopic (exact) mass is 394 g/mol. The lowest BCUT2D eigenvalue weighted by molar-refractivity contribution is 0.104. The fraction of sp³-hybridized carbons (Fsp3) is 0. The van der Waals surface area contributed by atoms with Gasteiger partial charge in [0.15, 0.2) is 5.78 Å². The normalized spacial score (nSPS) is 10.8. The average molecular weight is 396 g/mol. The molecule has 0 spiro atoms. The third-order valence-corrected chi connectivity index (χ3v) is 4.73. The van der Waals surface area contributed by atoms with Gasteiger partial charge in [0.1, 0.15) is 0 Å². The van der Waals surface area contributed by atoms with Crippen LogP contribution in [0.15, 0.2) is 56.8 Å². The molecule has 4 heteroatoms. The Bertz CT molecular complexity index is 756. The molecule has 2 aromatic carbocycles. The second kappa shape index (κ2) is 5.19. The Morgan fingerprint density at radius 2 is 1.68 bits per heavy atom. The van der Waals surface area contributed by atoms with Crippen LogP contribution in [-0.2, 0) is 0 Å². The van der Waals surface area contributed by atoms with E-state index in [9.17, 15) is 4.79 Å². The number of fused-ring (bicyclic) bond motifs is 1. The van der Waals surface area contributed by atoms with E-state index in [4.69, 9.17) is 0 Å². The van der Waals surface area contributed by atoms with Gasteiger partial charge >= 0.3 is 0 Å². The smallest absolute Gasteiger partial charge is 0.194 e. The summed E-state index contributed by atoms with van der Waals surface area (Å²) in [4.78, 5) is 12.6. The van der Waals surface area contributed by atoms with Gasteiger partial charge in [-0.15, -0.1) is 11.3 Å². The second-order valence-electron chi connectivity index (χ2n) is 4.13. The number of hydrogen-bond donors (Lipinski definition) is 0. The summed E-state index contributed by atoms with van der Waals surface area (Å²) in [6.07, 6.45) is 0. The number of carbonyl (C=O) groups is 1. The Labute approximate surface area is 131 Å². The van der Waals surface area contributed by atoms with Crippen LogP contribution in [0.25, 0.3) is 10.1 Å². The summed E-state index contributed by atoms with van der Waals surface area (Å²) in [5.41, 5.74) is 1.45. The van der Waals surface area contributed by atoms with Crippen molar-refractivity contribution < 1.29 is 4.79 Å². The van der Waals surface area contributed by atoms with Crippen LogP contribution in [0.4, 0.5) is 0 Å². The largest absolute Gasteiger partial charge is 0.289 e. The molecular formula is C15H8Br2OS. The lowest BCUT2D eigenvalue weighted by Gasteiger charge is -2.02. The highest BCUT2D eigenvalue weighted by Crippen LogP contribution is 2.29. The predicted molar refractivity (Wildman–Crippen MR) is 87.1 cm³/mol. The molecule has 0 radical (unpaired) electrons. The molecule has 94 valence electrons. The molecule has 0 amide bonds. The molecule has 3 aromatic rings. The van der Waals surface area contributed by atoms with Crippen LogP contribution in [0.5, 0.6) is 0 Å². The molecule has 0 bridgehead atoms. The number of ketones is 1. The van der Waals surface area contributed by atoms with Crippen molar-refractivity contribution in [2.45, 2.75) is 0 Å². The zero-order valence-electron chi connectivity index (χ0n) is 9.69. The SMILES string of the molecule is O=C(c1cc(Br)cc(Br)c1)c1csc2ccccc12. The van der Waals surface area contributed by atoms with Crippen molar-refractivity contribution in [2.24, 2.45) is 0 Å². The zero-order valence-corrected chi connectivity index (χ0v) is 13.7. The van der Waals surface area contributed by atoms with Crippen LogP contribution in [0.3, 0.4) is 0 Å². The van der Waals surface area contributed by atoms with Crippen LogP contribution < -0.4 is 0 Å². The van der Waals surface area contributed by atoms with E-state index in [0.717, 1.165) is 24.6 Å². The van der Waals surface area contributed by atoms with Crippen molar-refractivity contribution in [3.05, 3.63) is 67.9 Å². The third-order valence-electron chi connectivity index (χ3n) is 2.85. The van der Waals surface area contributed by atoms with Crippen LogP contribution in [0.2, 0.25) is 0 Å². The van der Waals surface area contributed by atoms with Gasteiger partial charge in [-0.3, -0.25) is 4.79 Å². The topological polar surface area (TPSA) is 17.1 Å². The maximum absolute atomic E-state index is 12.6. The van der Waals surface area contributed by atoms with Crippen LogP contribution in [-0.4, -0.2) is 5.78 Å². The molecule has 0 N–H and O–H groups in total. The number of carbonyl (C=O) groups excluding carboxylic acids is 1. The molecule has 0 aliphatic rings. The molecule has 0 aliphatic heterocycles. The van der Waals surface area contributed by atoms with Gasteiger partial charge in [-0.1, -0.05) is 50.1 Å². The van der Waals surface area contributed by atoms with Gasteiger partial charge in [0, 0.05) is 35.5 Å². The summed E-state index contributed by atoms with van der Waals surface area (Å²) in [6, 6.07) is 13.6. The number of halogens is 2. The molecular weight excluding hydrogens is 388 g/mol. The van der Waals surface area contributed by atoms with Gasteiger partial charge in [-0.25, -0.2) is 0 Å². The first-order valence-corrected chi connectivity index (χ1v) is 8.09. The minimum absolute atomic E-state index is 0.0550. The molecule has 1 nitrogen and oxygen atoms in total. The maximum atomic E-state index is 12.6. The van der Waals surface area contributed by atoms with Gasteiger partial charge < -0.3 is 0 Å². The molecule has 0 saturated heterocycles. The van der Waals surface area contributed by atoms with E-state index in [1.807, 2.05) is 47.8 Å². The first-order valence-electron chi connectivity index (χ1n) is 5.62.